The molecule has 0 atom stereocenters. The topological polar surface area (TPSA) is 90.7 Å². The van der Waals surface area contributed by atoms with Crippen LogP contribution in [0.3, 0.4) is 0 Å². The summed E-state index contributed by atoms with van der Waals surface area (Å²) in [5.74, 6) is 1.24. The molecule has 0 saturated heterocycles. The monoisotopic (exact) mass is 476 g/mol. The van der Waals surface area contributed by atoms with Gasteiger partial charge in [-0.2, -0.15) is 4.98 Å². The van der Waals surface area contributed by atoms with Gasteiger partial charge in [0.2, 0.25) is 26.6 Å². The summed E-state index contributed by atoms with van der Waals surface area (Å²) in [5.41, 5.74) is 3.79. The fraction of sp³-hybridized carbons (Fsp3) is 0.192. The zero-order chi connectivity index (χ0) is 23.7. The van der Waals surface area contributed by atoms with Crippen molar-refractivity contribution in [3.63, 3.8) is 0 Å². The van der Waals surface area contributed by atoms with E-state index < -0.39 is 9.84 Å². The first-order chi connectivity index (χ1) is 16.4. The zero-order valence-corrected chi connectivity index (χ0v) is 19.7. The molecule has 1 aliphatic heterocycles. The number of oxazole rings is 1. The molecule has 5 rings (SSSR count). The maximum atomic E-state index is 13.7. The van der Waals surface area contributed by atoms with E-state index in [0.29, 0.717) is 31.3 Å². The van der Waals surface area contributed by atoms with Crippen molar-refractivity contribution in [3.8, 4) is 23.0 Å². The van der Waals surface area contributed by atoms with E-state index in [2.05, 4.69) is 10.3 Å². The predicted molar refractivity (Wildman–Crippen MR) is 128 cm³/mol. The highest BCUT2D eigenvalue weighted by atomic mass is 32.2. The van der Waals surface area contributed by atoms with Crippen molar-refractivity contribution < 1.29 is 22.3 Å². The molecule has 0 saturated carbocycles. The number of hydrogen-bond donors (Lipinski definition) is 1. The molecule has 7 nitrogen and oxygen atoms in total. The molecule has 4 aromatic rings. The molecule has 3 aromatic carbocycles. The lowest BCUT2D eigenvalue weighted by molar-refractivity contribution is 0.171. The number of anilines is 1. The summed E-state index contributed by atoms with van der Waals surface area (Å²) in [6.07, 6.45) is 0. The predicted octanol–water partition coefficient (Wildman–Crippen LogP) is 5.17. The third kappa shape index (κ3) is 4.24. The molecule has 0 amide bonds. The minimum atomic E-state index is -4.02. The van der Waals surface area contributed by atoms with E-state index in [1.165, 1.54) is 12.1 Å². The molecule has 8 heteroatoms. The van der Waals surface area contributed by atoms with E-state index in [1.54, 1.807) is 6.07 Å². The van der Waals surface area contributed by atoms with Crippen LogP contribution in [-0.2, 0) is 16.4 Å². The summed E-state index contributed by atoms with van der Waals surface area (Å²) < 4.78 is 44.4. The van der Waals surface area contributed by atoms with Crippen molar-refractivity contribution in [2.24, 2.45) is 0 Å². The average Bonchev–Trinajstić information content (AvgIpc) is 3.28. The Labute approximate surface area is 198 Å². The maximum Gasteiger partial charge on any atom is 0.234 e. The van der Waals surface area contributed by atoms with Crippen molar-refractivity contribution in [1.82, 2.24) is 4.98 Å². The van der Waals surface area contributed by atoms with Gasteiger partial charge in [-0.1, -0.05) is 48.0 Å². The highest BCUT2D eigenvalue weighted by molar-refractivity contribution is 7.91. The van der Waals surface area contributed by atoms with Gasteiger partial charge in [-0.15, -0.1) is 0 Å². The largest absolute Gasteiger partial charge is 0.486 e. The maximum absolute atomic E-state index is 13.7. The van der Waals surface area contributed by atoms with Crippen LogP contribution in [0.25, 0.3) is 11.5 Å². The highest BCUT2D eigenvalue weighted by Crippen LogP contribution is 2.37. The van der Waals surface area contributed by atoms with Crippen LogP contribution in [0.15, 0.2) is 81.1 Å². The van der Waals surface area contributed by atoms with Crippen LogP contribution < -0.4 is 14.8 Å². The summed E-state index contributed by atoms with van der Waals surface area (Å²) in [4.78, 5) is 4.49. The standard InChI is InChI=1S/C26H24N2O5S/c1-17-7-9-19(10-8-17)16-27-25-26(28-24(33-25)21-6-4-3-5-18(21)2)34(29,30)20-11-12-22-23(15-20)32-14-13-31-22/h3-12,15,27H,13-14,16H2,1-2H3. The van der Waals surface area contributed by atoms with Crippen LogP contribution in [-0.4, -0.2) is 26.6 Å². The molecule has 0 fully saturated rings. The SMILES string of the molecule is Cc1ccc(CNc2oc(-c3ccccc3C)nc2S(=O)(=O)c2ccc3c(c2)OCCO3)cc1. The summed E-state index contributed by atoms with van der Waals surface area (Å²) in [6, 6.07) is 20.1. The second kappa shape index (κ2) is 8.87. The Hall–Kier alpha value is -3.78. The van der Waals surface area contributed by atoms with Crippen LogP contribution in [0.5, 0.6) is 11.5 Å². The molecule has 1 aromatic heterocycles. The first kappa shape index (κ1) is 22.0. The number of sulfone groups is 1. The van der Waals surface area contributed by atoms with E-state index in [4.69, 9.17) is 13.9 Å². The van der Waals surface area contributed by atoms with Gasteiger partial charge in [-0.25, -0.2) is 8.42 Å². The number of benzene rings is 3. The molecule has 0 unspecified atom stereocenters. The summed E-state index contributed by atoms with van der Waals surface area (Å²) in [5, 5.41) is 2.96. The lowest BCUT2D eigenvalue weighted by atomic mass is 10.1. The fourth-order valence-electron chi connectivity index (χ4n) is 3.72. The number of hydrogen-bond acceptors (Lipinski definition) is 7. The second-order valence-electron chi connectivity index (χ2n) is 8.12. The Morgan fingerprint density at radius 1 is 0.912 bits per heavy atom. The summed E-state index contributed by atoms with van der Waals surface area (Å²) in [7, 11) is -4.02. The number of aromatic nitrogens is 1. The molecule has 0 aliphatic carbocycles. The van der Waals surface area contributed by atoms with Gasteiger partial charge in [0.05, 0.1) is 4.90 Å². The molecule has 34 heavy (non-hydrogen) atoms. The molecular formula is C26H24N2O5S. The van der Waals surface area contributed by atoms with Crippen LogP contribution in [0.4, 0.5) is 5.88 Å². The van der Waals surface area contributed by atoms with Gasteiger partial charge in [0, 0.05) is 18.2 Å². The van der Waals surface area contributed by atoms with Crippen molar-refractivity contribution in [2.75, 3.05) is 18.5 Å². The minimum absolute atomic E-state index is 0.0553. The third-order valence-electron chi connectivity index (χ3n) is 5.62. The Bertz CT molecular complexity index is 1440. The van der Waals surface area contributed by atoms with Crippen molar-refractivity contribution in [2.45, 2.75) is 30.3 Å². The molecule has 0 bridgehead atoms. The van der Waals surface area contributed by atoms with Gasteiger partial charge in [0.25, 0.3) is 0 Å². The van der Waals surface area contributed by atoms with Crippen molar-refractivity contribution in [3.05, 3.63) is 83.4 Å². The van der Waals surface area contributed by atoms with Crippen molar-refractivity contribution in [1.29, 1.82) is 0 Å². The first-order valence-corrected chi connectivity index (χ1v) is 12.4. The van der Waals surface area contributed by atoms with Gasteiger partial charge < -0.3 is 19.2 Å². The Kier molecular flexibility index (Phi) is 5.75. The smallest absolute Gasteiger partial charge is 0.234 e. The molecule has 2 heterocycles. The van der Waals surface area contributed by atoms with Crippen LogP contribution in [0.2, 0.25) is 0 Å². The van der Waals surface area contributed by atoms with Gasteiger partial charge in [0.15, 0.2) is 11.5 Å². The summed E-state index contributed by atoms with van der Waals surface area (Å²) >= 11 is 0. The molecule has 0 spiro atoms. The number of rotatable bonds is 6. The molecule has 0 radical (unpaired) electrons. The lowest BCUT2D eigenvalue weighted by Crippen LogP contribution is -2.16. The Balaban J connectivity index is 1.56. The van der Waals surface area contributed by atoms with Gasteiger partial charge in [-0.05, 0) is 43.2 Å². The Morgan fingerprint density at radius 2 is 1.65 bits per heavy atom. The summed E-state index contributed by atoms with van der Waals surface area (Å²) in [6.45, 7) is 5.11. The first-order valence-electron chi connectivity index (χ1n) is 10.9. The van der Waals surface area contributed by atoms with E-state index in [9.17, 15) is 8.42 Å². The number of fused-ring (bicyclic) bond motifs is 1. The van der Waals surface area contributed by atoms with Crippen LogP contribution in [0.1, 0.15) is 16.7 Å². The van der Waals surface area contributed by atoms with Gasteiger partial charge in [0.1, 0.15) is 13.2 Å². The Morgan fingerprint density at radius 3 is 2.41 bits per heavy atom. The minimum Gasteiger partial charge on any atom is -0.486 e. The highest BCUT2D eigenvalue weighted by Gasteiger charge is 2.30. The molecular weight excluding hydrogens is 452 g/mol. The number of aryl methyl sites for hydroxylation is 2. The normalized spacial score (nSPS) is 13.0. The van der Waals surface area contributed by atoms with E-state index in [1.807, 2.05) is 62.4 Å². The van der Waals surface area contributed by atoms with E-state index in [-0.39, 0.29) is 21.7 Å². The number of nitrogens with one attached hydrogen (secondary N) is 1. The van der Waals surface area contributed by atoms with Gasteiger partial charge in [-0.3, -0.25) is 0 Å². The van der Waals surface area contributed by atoms with Crippen LogP contribution >= 0.6 is 0 Å². The average molecular weight is 477 g/mol. The molecule has 1 N–H and O–H groups in total. The quantitative estimate of drug-likeness (QED) is 0.410. The second-order valence-corrected chi connectivity index (χ2v) is 9.98. The molecule has 1 aliphatic rings. The van der Waals surface area contributed by atoms with Crippen LogP contribution in [0, 0.1) is 13.8 Å². The van der Waals surface area contributed by atoms with Crippen molar-refractivity contribution >= 4 is 15.7 Å². The lowest BCUT2D eigenvalue weighted by Gasteiger charge is -2.18. The van der Waals surface area contributed by atoms with E-state index >= 15 is 0 Å². The third-order valence-corrected chi connectivity index (χ3v) is 7.28. The van der Waals surface area contributed by atoms with Gasteiger partial charge >= 0.3 is 0 Å². The zero-order valence-electron chi connectivity index (χ0n) is 18.9. The number of nitrogens with zero attached hydrogens (tertiary/aromatic N) is 1. The van der Waals surface area contributed by atoms with E-state index in [0.717, 1.165) is 22.3 Å². The molecule has 174 valence electrons. The fourth-order valence-corrected chi connectivity index (χ4v) is 5.01. The number of ether oxygens (including phenoxy) is 2.